The standard InChI is InChI=1S/C25H24ClN3O/c1-18(27-25(30)20-13-5-6-14-21(20)26)24-28-22-15-7-8-16-23(22)29(24)17-9-12-19-10-3-2-4-11-19/h2-8,10-11,13-16,18H,9,12,17H2,1H3,(H,27,30). The molecule has 1 atom stereocenters. The van der Waals surface area contributed by atoms with Gasteiger partial charge < -0.3 is 9.88 Å². The van der Waals surface area contributed by atoms with Crippen LogP contribution in [0.4, 0.5) is 0 Å². The van der Waals surface area contributed by atoms with E-state index in [1.807, 2.05) is 43.3 Å². The summed E-state index contributed by atoms with van der Waals surface area (Å²) in [5.41, 5.74) is 3.81. The minimum absolute atomic E-state index is 0.198. The summed E-state index contributed by atoms with van der Waals surface area (Å²) in [5.74, 6) is 0.653. The zero-order chi connectivity index (χ0) is 20.9. The van der Waals surface area contributed by atoms with Crippen LogP contribution in [0.15, 0.2) is 78.9 Å². The van der Waals surface area contributed by atoms with Crippen LogP contribution in [-0.2, 0) is 13.0 Å². The third kappa shape index (κ3) is 4.39. The molecule has 0 fully saturated rings. The molecule has 0 aliphatic heterocycles. The second-order valence-electron chi connectivity index (χ2n) is 7.37. The number of carbonyl (C=O) groups is 1. The fourth-order valence-electron chi connectivity index (χ4n) is 3.73. The van der Waals surface area contributed by atoms with Crippen molar-refractivity contribution in [1.29, 1.82) is 0 Å². The SMILES string of the molecule is CC(NC(=O)c1ccccc1Cl)c1nc2ccccc2n1CCCc1ccccc1. The highest BCUT2D eigenvalue weighted by Crippen LogP contribution is 2.23. The van der Waals surface area contributed by atoms with Crippen LogP contribution in [0.25, 0.3) is 11.0 Å². The van der Waals surface area contributed by atoms with Crippen molar-refractivity contribution < 1.29 is 4.79 Å². The zero-order valence-corrected chi connectivity index (χ0v) is 17.6. The lowest BCUT2D eigenvalue weighted by Crippen LogP contribution is -2.29. The Morgan fingerprint density at radius 2 is 1.70 bits per heavy atom. The van der Waals surface area contributed by atoms with E-state index in [1.54, 1.807) is 12.1 Å². The molecule has 1 aromatic heterocycles. The first kappa shape index (κ1) is 20.2. The molecule has 30 heavy (non-hydrogen) atoms. The average Bonchev–Trinajstić information content (AvgIpc) is 3.14. The molecule has 0 aliphatic rings. The maximum absolute atomic E-state index is 12.7. The Kier molecular flexibility index (Phi) is 6.15. The van der Waals surface area contributed by atoms with Crippen LogP contribution in [0.5, 0.6) is 0 Å². The molecule has 1 N–H and O–H groups in total. The maximum atomic E-state index is 12.7. The number of carbonyl (C=O) groups excluding carboxylic acids is 1. The third-order valence-corrected chi connectivity index (χ3v) is 5.56. The van der Waals surface area contributed by atoms with E-state index in [9.17, 15) is 4.79 Å². The molecule has 4 aromatic rings. The second-order valence-corrected chi connectivity index (χ2v) is 7.78. The zero-order valence-electron chi connectivity index (χ0n) is 16.9. The van der Waals surface area contributed by atoms with Gasteiger partial charge in [-0.2, -0.15) is 0 Å². The molecule has 0 spiro atoms. The van der Waals surface area contributed by atoms with Crippen molar-refractivity contribution in [1.82, 2.24) is 14.9 Å². The summed E-state index contributed by atoms with van der Waals surface area (Å²) in [6.45, 7) is 2.79. The Morgan fingerprint density at radius 1 is 1.00 bits per heavy atom. The van der Waals surface area contributed by atoms with E-state index < -0.39 is 0 Å². The van der Waals surface area contributed by atoms with E-state index >= 15 is 0 Å². The van der Waals surface area contributed by atoms with Gasteiger partial charge in [0.15, 0.2) is 0 Å². The molecule has 0 saturated heterocycles. The molecule has 0 bridgehead atoms. The molecule has 5 heteroatoms. The van der Waals surface area contributed by atoms with E-state index in [0.29, 0.717) is 10.6 Å². The first-order chi connectivity index (χ1) is 14.6. The number of para-hydroxylation sites is 2. The predicted molar refractivity (Wildman–Crippen MR) is 122 cm³/mol. The maximum Gasteiger partial charge on any atom is 0.253 e. The molecular weight excluding hydrogens is 394 g/mol. The number of amides is 1. The van der Waals surface area contributed by atoms with Gasteiger partial charge in [-0.15, -0.1) is 0 Å². The fraction of sp³-hybridized carbons (Fsp3) is 0.200. The number of halogens is 1. The van der Waals surface area contributed by atoms with Gasteiger partial charge in [0.25, 0.3) is 5.91 Å². The molecule has 1 heterocycles. The van der Waals surface area contributed by atoms with Crippen LogP contribution in [0.3, 0.4) is 0 Å². The highest BCUT2D eigenvalue weighted by molar-refractivity contribution is 6.33. The van der Waals surface area contributed by atoms with Crippen molar-refractivity contribution in [2.24, 2.45) is 0 Å². The first-order valence-electron chi connectivity index (χ1n) is 10.2. The Morgan fingerprint density at radius 3 is 2.50 bits per heavy atom. The van der Waals surface area contributed by atoms with E-state index in [-0.39, 0.29) is 11.9 Å². The quantitative estimate of drug-likeness (QED) is 0.412. The van der Waals surface area contributed by atoms with Crippen LogP contribution >= 0.6 is 11.6 Å². The Balaban J connectivity index is 1.56. The van der Waals surface area contributed by atoms with Gasteiger partial charge in [0.05, 0.1) is 27.7 Å². The number of hydrogen-bond acceptors (Lipinski definition) is 2. The number of aryl methyl sites for hydroxylation is 2. The van der Waals surface area contributed by atoms with E-state index in [2.05, 4.69) is 40.2 Å². The minimum Gasteiger partial charge on any atom is -0.342 e. The lowest BCUT2D eigenvalue weighted by molar-refractivity contribution is 0.0938. The summed E-state index contributed by atoms with van der Waals surface area (Å²) >= 11 is 6.19. The Labute approximate surface area is 181 Å². The van der Waals surface area contributed by atoms with Crippen molar-refractivity contribution in [2.75, 3.05) is 0 Å². The van der Waals surface area contributed by atoms with Gasteiger partial charge in [0.1, 0.15) is 5.82 Å². The molecule has 0 aliphatic carbocycles. The average molecular weight is 418 g/mol. The van der Waals surface area contributed by atoms with Crippen molar-refractivity contribution in [3.8, 4) is 0 Å². The number of nitrogens with one attached hydrogen (secondary N) is 1. The molecule has 4 nitrogen and oxygen atoms in total. The number of imidazole rings is 1. The number of rotatable bonds is 7. The van der Waals surface area contributed by atoms with Crippen molar-refractivity contribution >= 4 is 28.5 Å². The van der Waals surface area contributed by atoms with Gasteiger partial charge in [-0.25, -0.2) is 4.98 Å². The van der Waals surface area contributed by atoms with Crippen molar-refractivity contribution in [3.63, 3.8) is 0 Å². The smallest absolute Gasteiger partial charge is 0.253 e. The van der Waals surface area contributed by atoms with Gasteiger partial charge >= 0.3 is 0 Å². The predicted octanol–water partition coefficient (Wildman–Crippen LogP) is 5.81. The van der Waals surface area contributed by atoms with Crippen LogP contribution in [0, 0.1) is 0 Å². The number of hydrogen-bond donors (Lipinski definition) is 1. The molecule has 4 rings (SSSR count). The summed E-state index contributed by atoms with van der Waals surface area (Å²) in [5, 5.41) is 3.50. The largest absolute Gasteiger partial charge is 0.342 e. The molecule has 1 unspecified atom stereocenters. The van der Waals surface area contributed by atoms with Gasteiger partial charge in [0.2, 0.25) is 0 Å². The normalized spacial score (nSPS) is 12.1. The van der Waals surface area contributed by atoms with Gasteiger partial charge in [-0.3, -0.25) is 4.79 Å². The molecule has 0 radical (unpaired) electrons. The minimum atomic E-state index is -0.252. The number of nitrogens with zero attached hydrogens (tertiary/aromatic N) is 2. The number of benzene rings is 3. The van der Waals surface area contributed by atoms with Gasteiger partial charge in [0, 0.05) is 6.54 Å². The van der Waals surface area contributed by atoms with Gasteiger partial charge in [-0.05, 0) is 49.6 Å². The molecule has 3 aromatic carbocycles. The number of fused-ring (bicyclic) bond motifs is 1. The topological polar surface area (TPSA) is 46.9 Å². The van der Waals surface area contributed by atoms with Crippen LogP contribution in [0.2, 0.25) is 5.02 Å². The molecule has 0 saturated carbocycles. The molecular formula is C25H24ClN3O. The lowest BCUT2D eigenvalue weighted by Gasteiger charge is -2.17. The summed E-state index contributed by atoms with van der Waals surface area (Å²) in [4.78, 5) is 17.6. The summed E-state index contributed by atoms with van der Waals surface area (Å²) < 4.78 is 2.22. The highest BCUT2D eigenvalue weighted by atomic mass is 35.5. The lowest BCUT2D eigenvalue weighted by atomic mass is 10.1. The summed E-state index contributed by atoms with van der Waals surface area (Å²) in [6, 6.07) is 25.4. The Bertz CT molecular complexity index is 1150. The molecule has 152 valence electrons. The number of aromatic nitrogens is 2. The summed E-state index contributed by atoms with van der Waals surface area (Å²) in [6.07, 6.45) is 1.98. The van der Waals surface area contributed by atoms with Crippen LogP contribution in [0.1, 0.15) is 41.1 Å². The monoisotopic (exact) mass is 417 g/mol. The Hall–Kier alpha value is -3.11. The second kappa shape index (κ2) is 9.14. The van der Waals surface area contributed by atoms with Crippen molar-refractivity contribution in [2.45, 2.75) is 32.4 Å². The third-order valence-electron chi connectivity index (χ3n) is 5.23. The van der Waals surface area contributed by atoms with E-state index in [1.165, 1.54) is 5.56 Å². The summed E-state index contributed by atoms with van der Waals surface area (Å²) in [7, 11) is 0. The highest BCUT2D eigenvalue weighted by Gasteiger charge is 2.20. The van der Waals surface area contributed by atoms with Gasteiger partial charge in [-0.1, -0.05) is 66.2 Å². The first-order valence-corrected chi connectivity index (χ1v) is 10.6. The van der Waals surface area contributed by atoms with E-state index in [4.69, 9.17) is 16.6 Å². The molecule has 1 amide bonds. The van der Waals surface area contributed by atoms with E-state index in [0.717, 1.165) is 36.2 Å². The van der Waals surface area contributed by atoms with Crippen molar-refractivity contribution in [3.05, 3.63) is 101 Å². The van der Waals surface area contributed by atoms with Crippen LogP contribution in [-0.4, -0.2) is 15.5 Å². The van der Waals surface area contributed by atoms with Crippen LogP contribution < -0.4 is 5.32 Å². The fourth-order valence-corrected chi connectivity index (χ4v) is 3.95.